The van der Waals surface area contributed by atoms with Crippen LogP contribution in [0.15, 0.2) is 42.5 Å². The second-order valence-corrected chi connectivity index (χ2v) is 6.48. The van der Waals surface area contributed by atoms with Crippen molar-refractivity contribution in [1.82, 2.24) is 0 Å². The van der Waals surface area contributed by atoms with E-state index in [1.54, 1.807) is 36.4 Å². The Morgan fingerprint density at radius 2 is 2.04 bits per heavy atom. The Morgan fingerprint density at radius 1 is 1.28 bits per heavy atom. The van der Waals surface area contributed by atoms with E-state index in [0.717, 1.165) is 5.69 Å². The van der Waals surface area contributed by atoms with E-state index >= 15 is 0 Å². The Hall–Kier alpha value is -2.53. The van der Waals surface area contributed by atoms with E-state index < -0.39 is 0 Å². The third kappa shape index (κ3) is 3.94. The molecule has 0 radical (unpaired) electrons. The molecule has 1 atom stereocenters. The van der Waals surface area contributed by atoms with Crippen molar-refractivity contribution >= 4 is 34.7 Å². The molecule has 0 saturated carbocycles. The van der Waals surface area contributed by atoms with Gasteiger partial charge in [-0.1, -0.05) is 23.7 Å². The molecule has 1 amide bonds. The number of nitrogens with zero attached hydrogens (tertiary/aromatic N) is 1. The maximum Gasteiger partial charge on any atom is 0.243 e. The summed E-state index contributed by atoms with van der Waals surface area (Å²) in [5, 5.41) is 3.31. The van der Waals surface area contributed by atoms with Crippen molar-refractivity contribution in [3.63, 3.8) is 0 Å². The average molecular weight is 359 g/mol. The molecule has 1 aliphatic heterocycles. The highest BCUT2D eigenvalue weighted by Gasteiger charge is 2.25. The second-order valence-electron chi connectivity index (χ2n) is 6.08. The van der Waals surface area contributed by atoms with Crippen LogP contribution in [0.2, 0.25) is 5.02 Å². The first kappa shape index (κ1) is 17.3. The van der Waals surface area contributed by atoms with Crippen molar-refractivity contribution in [2.45, 2.75) is 20.0 Å². The predicted octanol–water partition coefficient (Wildman–Crippen LogP) is 3.77. The Morgan fingerprint density at radius 3 is 2.76 bits per heavy atom. The molecule has 3 rings (SSSR count). The van der Waals surface area contributed by atoms with Gasteiger partial charge in [-0.25, -0.2) is 0 Å². The van der Waals surface area contributed by atoms with Crippen LogP contribution in [0.4, 0.5) is 11.4 Å². The first-order valence-corrected chi connectivity index (χ1v) is 8.43. The molecule has 0 saturated heterocycles. The minimum absolute atomic E-state index is 0.0260. The zero-order chi connectivity index (χ0) is 18.0. The third-order valence-corrected chi connectivity index (χ3v) is 4.32. The number of carbonyl (C=O) groups is 2. The van der Waals surface area contributed by atoms with Crippen LogP contribution in [-0.2, 0) is 4.79 Å². The number of para-hydroxylation sites is 1. The fourth-order valence-corrected chi connectivity index (χ4v) is 3.00. The van der Waals surface area contributed by atoms with Gasteiger partial charge < -0.3 is 15.0 Å². The van der Waals surface area contributed by atoms with E-state index in [2.05, 4.69) is 5.32 Å². The Balaban J connectivity index is 1.81. The maximum atomic E-state index is 12.4. The molecule has 0 aliphatic carbocycles. The highest BCUT2D eigenvalue weighted by atomic mass is 35.5. The molecular weight excluding hydrogens is 340 g/mol. The summed E-state index contributed by atoms with van der Waals surface area (Å²) in [4.78, 5) is 26.0. The summed E-state index contributed by atoms with van der Waals surface area (Å²) in [7, 11) is 0. The first-order chi connectivity index (χ1) is 11.9. The number of amides is 1. The number of ketones is 1. The van der Waals surface area contributed by atoms with Crippen molar-refractivity contribution in [3.8, 4) is 5.75 Å². The normalized spacial score (nSPS) is 16.0. The highest BCUT2D eigenvalue weighted by Crippen LogP contribution is 2.34. The molecule has 2 aromatic carbocycles. The van der Waals surface area contributed by atoms with Crippen LogP contribution < -0.4 is 15.0 Å². The minimum Gasteiger partial charge on any atom is -0.487 e. The van der Waals surface area contributed by atoms with Gasteiger partial charge in [0.05, 0.1) is 29.5 Å². The summed E-state index contributed by atoms with van der Waals surface area (Å²) in [6.45, 7) is 4.17. The van der Waals surface area contributed by atoms with Crippen LogP contribution in [0, 0.1) is 0 Å². The number of rotatable bonds is 4. The van der Waals surface area contributed by atoms with Crippen LogP contribution in [0.1, 0.15) is 24.2 Å². The van der Waals surface area contributed by atoms with E-state index in [1.807, 2.05) is 17.9 Å². The van der Waals surface area contributed by atoms with Crippen molar-refractivity contribution in [2.75, 3.05) is 23.3 Å². The number of halogens is 1. The number of hydrogen-bond donors (Lipinski definition) is 1. The number of nitrogens with one attached hydrogen (secondary N) is 1. The summed E-state index contributed by atoms with van der Waals surface area (Å²) in [6.07, 6.45) is -0.0520. The first-order valence-electron chi connectivity index (χ1n) is 8.05. The van der Waals surface area contributed by atoms with Gasteiger partial charge in [-0.3, -0.25) is 9.59 Å². The standard InChI is InChI=1S/C19H19ClN2O3/c1-12-10-22(11-19(24)21-16-6-4-3-5-15(16)20)17-9-14(13(2)23)7-8-18(17)25-12/h3-9,12H,10-11H2,1-2H3,(H,21,24). The van der Waals surface area contributed by atoms with E-state index in [-0.39, 0.29) is 24.3 Å². The van der Waals surface area contributed by atoms with E-state index in [4.69, 9.17) is 16.3 Å². The number of ether oxygens (including phenoxy) is 1. The zero-order valence-corrected chi connectivity index (χ0v) is 14.8. The van der Waals surface area contributed by atoms with Crippen molar-refractivity contribution < 1.29 is 14.3 Å². The van der Waals surface area contributed by atoms with Crippen LogP contribution in [-0.4, -0.2) is 30.9 Å². The lowest BCUT2D eigenvalue weighted by molar-refractivity contribution is -0.115. The molecule has 1 unspecified atom stereocenters. The Bertz CT molecular complexity index is 822. The van der Waals surface area contributed by atoms with Gasteiger partial charge in [-0.15, -0.1) is 0 Å². The smallest absolute Gasteiger partial charge is 0.243 e. The Kier molecular flexibility index (Phi) is 4.95. The number of fused-ring (bicyclic) bond motifs is 1. The van der Waals surface area contributed by atoms with E-state index in [0.29, 0.717) is 28.6 Å². The fourth-order valence-electron chi connectivity index (χ4n) is 2.82. The molecule has 0 fully saturated rings. The van der Waals surface area contributed by atoms with Crippen LogP contribution in [0.25, 0.3) is 0 Å². The summed E-state index contributed by atoms with van der Waals surface area (Å²) in [6, 6.07) is 12.4. The predicted molar refractivity (Wildman–Crippen MR) is 98.8 cm³/mol. The highest BCUT2D eigenvalue weighted by molar-refractivity contribution is 6.33. The number of carbonyl (C=O) groups excluding carboxylic acids is 2. The van der Waals surface area contributed by atoms with Gasteiger partial charge in [0.2, 0.25) is 5.91 Å². The van der Waals surface area contributed by atoms with E-state index in [1.165, 1.54) is 6.92 Å². The summed E-state index contributed by atoms with van der Waals surface area (Å²) >= 11 is 6.09. The van der Waals surface area contributed by atoms with Gasteiger partial charge in [-0.05, 0) is 44.2 Å². The van der Waals surface area contributed by atoms with Gasteiger partial charge in [0.1, 0.15) is 11.9 Å². The lowest BCUT2D eigenvalue weighted by atomic mass is 10.1. The van der Waals surface area contributed by atoms with E-state index in [9.17, 15) is 9.59 Å². The van der Waals surface area contributed by atoms with Crippen LogP contribution in [0.5, 0.6) is 5.75 Å². The molecule has 1 aliphatic rings. The average Bonchev–Trinajstić information content (AvgIpc) is 2.56. The molecular formula is C19H19ClN2O3. The van der Waals surface area contributed by atoms with Gasteiger partial charge in [-0.2, -0.15) is 0 Å². The SMILES string of the molecule is CC(=O)c1ccc2c(c1)N(CC(=O)Nc1ccccc1Cl)CC(C)O2. The molecule has 0 spiro atoms. The molecule has 0 aromatic heterocycles. The van der Waals surface area contributed by atoms with Gasteiger partial charge in [0, 0.05) is 5.56 Å². The van der Waals surface area contributed by atoms with Crippen molar-refractivity contribution in [3.05, 3.63) is 53.1 Å². The number of anilines is 2. The summed E-state index contributed by atoms with van der Waals surface area (Å²) in [5.41, 5.74) is 1.92. The monoisotopic (exact) mass is 358 g/mol. The maximum absolute atomic E-state index is 12.4. The largest absolute Gasteiger partial charge is 0.487 e. The fraction of sp³-hybridized carbons (Fsp3) is 0.263. The molecule has 1 heterocycles. The third-order valence-electron chi connectivity index (χ3n) is 3.99. The van der Waals surface area contributed by atoms with Gasteiger partial charge >= 0.3 is 0 Å². The molecule has 1 N–H and O–H groups in total. The number of Topliss-reactive ketones (excluding diaryl/α,β-unsaturated/α-hetero) is 1. The summed E-state index contributed by atoms with van der Waals surface area (Å²) < 4.78 is 5.81. The quantitative estimate of drug-likeness (QED) is 0.845. The lowest BCUT2D eigenvalue weighted by Gasteiger charge is -2.34. The molecule has 5 nitrogen and oxygen atoms in total. The van der Waals surface area contributed by atoms with Crippen LogP contribution in [0.3, 0.4) is 0 Å². The zero-order valence-electron chi connectivity index (χ0n) is 14.1. The van der Waals surface area contributed by atoms with Crippen LogP contribution >= 0.6 is 11.6 Å². The Labute approximate surface area is 151 Å². The lowest BCUT2D eigenvalue weighted by Crippen LogP contribution is -2.42. The number of hydrogen-bond acceptors (Lipinski definition) is 4. The molecule has 0 bridgehead atoms. The topological polar surface area (TPSA) is 58.6 Å². The van der Waals surface area contributed by atoms with Gasteiger partial charge in [0.15, 0.2) is 5.78 Å². The van der Waals surface area contributed by atoms with Gasteiger partial charge in [0.25, 0.3) is 0 Å². The van der Waals surface area contributed by atoms with Crippen molar-refractivity contribution in [1.29, 1.82) is 0 Å². The minimum atomic E-state index is -0.179. The molecule has 6 heteroatoms. The molecule has 130 valence electrons. The summed E-state index contributed by atoms with van der Waals surface area (Å²) in [5.74, 6) is 0.470. The number of benzene rings is 2. The van der Waals surface area contributed by atoms with Crippen molar-refractivity contribution in [2.24, 2.45) is 0 Å². The molecule has 25 heavy (non-hydrogen) atoms. The molecule has 2 aromatic rings. The second kappa shape index (κ2) is 7.15.